The fourth-order valence-corrected chi connectivity index (χ4v) is 2.71. The first-order chi connectivity index (χ1) is 10.4. The molecule has 0 spiro atoms. The molecular formula is C21H34O. The van der Waals surface area contributed by atoms with Gasteiger partial charge in [-0.15, -0.1) is 0 Å². The molecule has 1 rings (SSSR count). The second-order valence-electron chi connectivity index (χ2n) is 7.18. The van der Waals surface area contributed by atoms with E-state index < -0.39 is 0 Å². The Kier molecular flexibility index (Phi) is 8.48. The van der Waals surface area contributed by atoms with Crippen LogP contribution in [0.5, 0.6) is 0 Å². The largest absolute Gasteiger partial charge is 0.377 e. The summed E-state index contributed by atoms with van der Waals surface area (Å²) in [5.74, 6) is 1.95. The summed E-state index contributed by atoms with van der Waals surface area (Å²) in [4.78, 5) is 0. The van der Waals surface area contributed by atoms with Crippen LogP contribution in [-0.2, 0) is 4.74 Å². The Morgan fingerprint density at radius 2 is 1.59 bits per heavy atom. The van der Waals surface area contributed by atoms with Crippen LogP contribution in [0.1, 0.15) is 70.9 Å². The molecule has 0 radical (unpaired) electrons. The lowest BCUT2D eigenvalue weighted by Gasteiger charge is -2.20. The van der Waals surface area contributed by atoms with Gasteiger partial charge in [-0.2, -0.15) is 0 Å². The van der Waals surface area contributed by atoms with Crippen molar-refractivity contribution in [2.24, 2.45) is 11.8 Å². The van der Waals surface area contributed by atoms with Gasteiger partial charge in [-0.05, 0) is 35.3 Å². The van der Waals surface area contributed by atoms with E-state index in [-0.39, 0.29) is 6.10 Å². The lowest BCUT2D eigenvalue weighted by molar-refractivity contribution is 0.0919. The number of methoxy groups -OCH3 is 1. The van der Waals surface area contributed by atoms with Gasteiger partial charge in [-0.25, -0.2) is 0 Å². The molecular weight excluding hydrogens is 268 g/mol. The van der Waals surface area contributed by atoms with Crippen LogP contribution >= 0.6 is 0 Å². The third kappa shape index (κ3) is 6.79. The van der Waals surface area contributed by atoms with Gasteiger partial charge in [0.2, 0.25) is 0 Å². The monoisotopic (exact) mass is 302 g/mol. The highest BCUT2D eigenvalue weighted by atomic mass is 16.5. The van der Waals surface area contributed by atoms with E-state index in [1.165, 1.54) is 30.4 Å². The summed E-state index contributed by atoms with van der Waals surface area (Å²) in [7, 11) is 1.82. The molecule has 0 aliphatic carbocycles. The minimum Gasteiger partial charge on any atom is -0.377 e. The van der Waals surface area contributed by atoms with Crippen LogP contribution in [0.3, 0.4) is 0 Å². The smallest absolute Gasteiger partial charge is 0.0780 e. The van der Waals surface area contributed by atoms with Gasteiger partial charge in [0, 0.05) is 7.11 Å². The third-order valence-corrected chi connectivity index (χ3v) is 4.36. The van der Waals surface area contributed by atoms with Crippen LogP contribution in [0, 0.1) is 11.8 Å². The molecule has 0 aromatic heterocycles. The van der Waals surface area contributed by atoms with Crippen molar-refractivity contribution in [3.63, 3.8) is 0 Å². The average Bonchev–Trinajstić information content (AvgIpc) is 2.48. The highest BCUT2D eigenvalue weighted by Gasteiger charge is 2.13. The van der Waals surface area contributed by atoms with Crippen molar-refractivity contribution in [2.45, 2.75) is 65.9 Å². The maximum absolute atomic E-state index is 5.67. The first-order valence-corrected chi connectivity index (χ1v) is 8.75. The molecule has 0 bridgehead atoms. The van der Waals surface area contributed by atoms with E-state index in [0.29, 0.717) is 11.8 Å². The minimum atomic E-state index is 0.205. The van der Waals surface area contributed by atoms with Crippen LogP contribution in [0.25, 0.3) is 6.08 Å². The average molecular weight is 303 g/mol. The summed E-state index contributed by atoms with van der Waals surface area (Å²) in [6.45, 7) is 11.3. The van der Waals surface area contributed by atoms with Gasteiger partial charge in [0.25, 0.3) is 0 Å². The van der Waals surface area contributed by atoms with Crippen molar-refractivity contribution in [1.82, 2.24) is 0 Å². The molecule has 0 amide bonds. The molecule has 1 heteroatoms. The molecule has 2 atom stereocenters. The second-order valence-corrected chi connectivity index (χ2v) is 7.18. The van der Waals surface area contributed by atoms with Gasteiger partial charge >= 0.3 is 0 Å². The molecule has 0 saturated carbocycles. The summed E-state index contributed by atoms with van der Waals surface area (Å²) in [5, 5.41) is 0. The predicted molar refractivity (Wildman–Crippen MR) is 98.2 cm³/mol. The Hall–Kier alpha value is -1.08. The zero-order chi connectivity index (χ0) is 16.5. The highest BCUT2D eigenvalue weighted by Crippen LogP contribution is 2.20. The lowest BCUT2D eigenvalue weighted by Crippen LogP contribution is -2.17. The van der Waals surface area contributed by atoms with E-state index in [2.05, 4.69) is 71.0 Å². The molecule has 0 N–H and O–H groups in total. The standard InChI is InChI=1S/C21H34O/c1-16(2)8-7-9-18(5)21(22-6)15-12-19-10-13-20(14-11-19)17(3)4/h10-18,21H,7-9H2,1-6H3. The van der Waals surface area contributed by atoms with Gasteiger partial charge in [-0.1, -0.05) is 83.9 Å². The molecule has 22 heavy (non-hydrogen) atoms. The van der Waals surface area contributed by atoms with E-state index in [0.717, 1.165) is 5.92 Å². The van der Waals surface area contributed by atoms with Crippen LogP contribution in [-0.4, -0.2) is 13.2 Å². The summed E-state index contributed by atoms with van der Waals surface area (Å²) >= 11 is 0. The van der Waals surface area contributed by atoms with Crippen LogP contribution < -0.4 is 0 Å². The van der Waals surface area contributed by atoms with Crippen molar-refractivity contribution in [3.8, 4) is 0 Å². The van der Waals surface area contributed by atoms with Crippen molar-refractivity contribution < 1.29 is 4.74 Å². The molecule has 0 aliphatic heterocycles. The van der Waals surface area contributed by atoms with E-state index in [1.807, 2.05) is 7.11 Å². The first kappa shape index (κ1) is 19.0. The Bertz CT molecular complexity index is 428. The van der Waals surface area contributed by atoms with Gasteiger partial charge in [-0.3, -0.25) is 0 Å². The molecule has 1 nitrogen and oxygen atoms in total. The van der Waals surface area contributed by atoms with Crippen LogP contribution in [0.15, 0.2) is 30.3 Å². The van der Waals surface area contributed by atoms with Crippen LogP contribution in [0.2, 0.25) is 0 Å². The quantitative estimate of drug-likeness (QED) is 0.520. The van der Waals surface area contributed by atoms with Gasteiger partial charge in [0.1, 0.15) is 0 Å². The SMILES string of the molecule is COC(C=Cc1ccc(C(C)C)cc1)C(C)CCCC(C)C. The number of hydrogen-bond donors (Lipinski definition) is 0. The number of benzene rings is 1. The molecule has 2 unspecified atom stereocenters. The number of hydrogen-bond acceptors (Lipinski definition) is 1. The first-order valence-electron chi connectivity index (χ1n) is 8.75. The minimum absolute atomic E-state index is 0.205. The van der Waals surface area contributed by atoms with Crippen molar-refractivity contribution >= 4 is 6.08 Å². The zero-order valence-corrected chi connectivity index (χ0v) is 15.3. The molecule has 124 valence electrons. The van der Waals surface area contributed by atoms with E-state index in [4.69, 9.17) is 4.74 Å². The van der Waals surface area contributed by atoms with Gasteiger partial charge in [0.15, 0.2) is 0 Å². The Balaban J connectivity index is 2.56. The summed E-state index contributed by atoms with van der Waals surface area (Å²) in [5.41, 5.74) is 2.64. The fourth-order valence-electron chi connectivity index (χ4n) is 2.71. The number of ether oxygens (including phenoxy) is 1. The molecule has 1 aromatic carbocycles. The topological polar surface area (TPSA) is 9.23 Å². The Morgan fingerprint density at radius 1 is 0.955 bits per heavy atom. The Labute approximate surface area is 137 Å². The van der Waals surface area contributed by atoms with Gasteiger partial charge in [0.05, 0.1) is 6.10 Å². The highest BCUT2D eigenvalue weighted by molar-refractivity contribution is 5.50. The number of rotatable bonds is 9. The Morgan fingerprint density at radius 3 is 2.09 bits per heavy atom. The molecule has 0 heterocycles. The maximum atomic E-state index is 5.67. The summed E-state index contributed by atoms with van der Waals surface area (Å²) in [6.07, 6.45) is 8.43. The van der Waals surface area contributed by atoms with Gasteiger partial charge < -0.3 is 4.74 Å². The normalized spacial score (nSPS) is 14.9. The molecule has 0 fully saturated rings. The van der Waals surface area contributed by atoms with Crippen molar-refractivity contribution in [1.29, 1.82) is 0 Å². The van der Waals surface area contributed by atoms with Crippen molar-refractivity contribution in [3.05, 3.63) is 41.5 Å². The molecule has 1 aromatic rings. The zero-order valence-electron chi connectivity index (χ0n) is 15.3. The molecule has 0 aliphatic rings. The predicted octanol–water partition coefficient (Wildman–Crippen LogP) is 6.30. The lowest BCUT2D eigenvalue weighted by atomic mass is 9.94. The second kappa shape index (κ2) is 9.84. The summed E-state index contributed by atoms with van der Waals surface area (Å²) in [6, 6.07) is 8.83. The molecule has 0 saturated heterocycles. The van der Waals surface area contributed by atoms with Crippen LogP contribution in [0.4, 0.5) is 0 Å². The van der Waals surface area contributed by atoms with E-state index >= 15 is 0 Å². The maximum Gasteiger partial charge on any atom is 0.0780 e. The third-order valence-electron chi connectivity index (χ3n) is 4.36. The van der Waals surface area contributed by atoms with E-state index in [1.54, 1.807) is 0 Å². The summed E-state index contributed by atoms with van der Waals surface area (Å²) < 4.78 is 5.67. The fraction of sp³-hybridized carbons (Fsp3) is 0.619. The van der Waals surface area contributed by atoms with E-state index in [9.17, 15) is 0 Å². The van der Waals surface area contributed by atoms with Crippen molar-refractivity contribution in [2.75, 3.05) is 7.11 Å².